The largest absolute Gasteiger partial charge is 0.481 e. The molecule has 0 fully saturated rings. The highest BCUT2D eigenvalue weighted by molar-refractivity contribution is 5.64. The van der Waals surface area contributed by atoms with Gasteiger partial charge in [0.15, 0.2) is 0 Å². The third-order valence-corrected chi connectivity index (χ3v) is 1.87. The number of carbonyl (C=O) groups excluding carboxylic acids is 1. The van der Waals surface area contributed by atoms with Gasteiger partial charge in [-0.3, -0.25) is 0 Å². The summed E-state index contributed by atoms with van der Waals surface area (Å²) in [5.74, 6) is 1.15. The first-order valence-corrected chi connectivity index (χ1v) is 4.67. The smallest absolute Gasteiger partial charge is 0.404 e. The number of hydrogen-bond donors (Lipinski definition) is 2. The topological polar surface area (TPSA) is 99.4 Å². The molecule has 0 aromatic carbocycles. The second kappa shape index (κ2) is 5.74. The van der Waals surface area contributed by atoms with Crippen molar-refractivity contribution in [1.29, 1.82) is 0 Å². The predicted octanol–water partition coefficient (Wildman–Crippen LogP) is 0.301. The Bertz CT molecular complexity index is 370. The molecule has 0 saturated heterocycles. The molecule has 0 saturated carbocycles. The number of nitrogens with zero attached hydrogens (tertiary/aromatic N) is 2. The van der Waals surface area contributed by atoms with Crippen LogP contribution < -0.4 is 15.8 Å². The SMILES string of the molecule is COc1ncnc(NCCOC(N)=O)c1C. The van der Waals surface area contributed by atoms with Gasteiger partial charge in [-0.2, -0.15) is 0 Å². The minimum Gasteiger partial charge on any atom is -0.481 e. The average molecular weight is 226 g/mol. The van der Waals surface area contributed by atoms with E-state index in [0.717, 1.165) is 5.56 Å². The molecule has 0 unspecified atom stereocenters. The van der Waals surface area contributed by atoms with E-state index in [-0.39, 0.29) is 6.61 Å². The lowest BCUT2D eigenvalue weighted by Gasteiger charge is -2.09. The van der Waals surface area contributed by atoms with Gasteiger partial charge >= 0.3 is 6.09 Å². The molecule has 7 nitrogen and oxygen atoms in total. The lowest BCUT2D eigenvalue weighted by atomic mass is 10.3. The molecule has 7 heteroatoms. The fourth-order valence-corrected chi connectivity index (χ4v) is 1.14. The zero-order chi connectivity index (χ0) is 12.0. The van der Waals surface area contributed by atoms with Crippen molar-refractivity contribution in [1.82, 2.24) is 9.97 Å². The van der Waals surface area contributed by atoms with Crippen LogP contribution in [0.15, 0.2) is 6.33 Å². The molecular formula is C9H14N4O3. The monoisotopic (exact) mass is 226 g/mol. The van der Waals surface area contributed by atoms with E-state index in [1.54, 1.807) is 0 Å². The first-order valence-electron chi connectivity index (χ1n) is 4.67. The summed E-state index contributed by atoms with van der Waals surface area (Å²) in [6, 6.07) is 0. The molecule has 0 aliphatic heterocycles. The van der Waals surface area contributed by atoms with Gasteiger partial charge in [-0.15, -0.1) is 0 Å². The van der Waals surface area contributed by atoms with Crippen LogP contribution in [-0.4, -0.2) is 36.3 Å². The van der Waals surface area contributed by atoms with Gasteiger partial charge in [0.05, 0.1) is 19.2 Å². The van der Waals surface area contributed by atoms with Gasteiger partial charge in [0, 0.05) is 0 Å². The summed E-state index contributed by atoms with van der Waals surface area (Å²) in [6.07, 6.45) is 0.599. The highest BCUT2D eigenvalue weighted by Crippen LogP contribution is 2.19. The van der Waals surface area contributed by atoms with Crippen molar-refractivity contribution in [2.75, 3.05) is 25.6 Å². The summed E-state index contributed by atoms with van der Waals surface area (Å²) in [5, 5.41) is 2.98. The highest BCUT2D eigenvalue weighted by Gasteiger charge is 2.06. The Kier molecular flexibility index (Phi) is 4.31. The van der Waals surface area contributed by atoms with Gasteiger partial charge in [0.1, 0.15) is 18.8 Å². The summed E-state index contributed by atoms with van der Waals surface area (Å²) in [5.41, 5.74) is 5.61. The summed E-state index contributed by atoms with van der Waals surface area (Å²) in [4.78, 5) is 18.3. The number of methoxy groups -OCH3 is 1. The molecule has 1 rings (SSSR count). The summed E-state index contributed by atoms with van der Waals surface area (Å²) < 4.78 is 9.60. The van der Waals surface area contributed by atoms with Crippen molar-refractivity contribution in [2.24, 2.45) is 5.73 Å². The Hall–Kier alpha value is -2.05. The van der Waals surface area contributed by atoms with Crippen LogP contribution in [0, 0.1) is 6.92 Å². The highest BCUT2D eigenvalue weighted by atomic mass is 16.5. The Balaban J connectivity index is 2.50. The molecule has 0 spiro atoms. The van der Waals surface area contributed by atoms with E-state index in [9.17, 15) is 4.79 Å². The van der Waals surface area contributed by atoms with Gasteiger partial charge in [-0.25, -0.2) is 14.8 Å². The number of nitrogens with one attached hydrogen (secondary N) is 1. The number of ether oxygens (including phenoxy) is 2. The van der Waals surface area contributed by atoms with Crippen LogP contribution in [-0.2, 0) is 4.74 Å². The number of nitrogens with two attached hydrogens (primary N) is 1. The van der Waals surface area contributed by atoms with Crippen molar-refractivity contribution in [3.05, 3.63) is 11.9 Å². The second-order valence-electron chi connectivity index (χ2n) is 2.95. The van der Waals surface area contributed by atoms with Gasteiger partial charge < -0.3 is 20.5 Å². The number of hydrogen-bond acceptors (Lipinski definition) is 6. The van der Waals surface area contributed by atoms with Crippen LogP contribution in [0.25, 0.3) is 0 Å². The zero-order valence-corrected chi connectivity index (χ0v) is 9.19. The number of carbonyl (C=O) groups is 1. The van der Waals surface area contributed by atoms with E-state index in [4.69, 9.17) is 10.5 Å². The maximum atomic E-state index is 10.3. The molecule has 1 heterocycles. The molecule has 0 radical (unpaired) electrons. The Labute approximate surface area is 93.0 Å². The molecule has 16 heavy (non-hydrogen) atoms. The minimum atomic E-state index is -0.793. The van der Waals surface area contributed by atoms with Crippen LogP contribution >= 0.6 is 0 Å². The molecular weight excluding hydrogens is 212 g/mol. The molecule has 0 bridgehead atoms. The summed E-state index contributed by atoms with van der Waals surface area (Å²) in [6.45, 7) is 2.43. The van der Waals surface area contributed by atoms with E-state index in [1.165, 1.54) is 13.4 Å². The van der Waals surface area contributed by atoms with Crippen molar-refractivity contribution in [3.63, 3.8) is 0 Å². The first kappa shape index (κ1) is 12.0. The van der Waals surface area contributed by atoms with E-state index < -0.39 is 6.09 Å². The number of rotatable bonds is 5. The van der Waals surface area contributed by atoms with Crippen molar-refractivity contribution in [2.45, 2.75) is 6.92 Å². The summed E-state index contributed by atoms with van der Waals surface area (Å²) in [7, 11) is 1.54. The van der Waals surface area contributed by atoms with Crippen LogP contribution in [0.3, 0.4) is 0 Å². The Morgan fingerprint density at radius 3 is 2.94 bits per heavy atom. The molecule has 1 aromatic rings. The normalized spacial score (nSPS) is 9.62. The maximum absolute atomic E-state index is 10.3. The van der Waals surface area contributed by atoms with Crippen molar-refractivity contribution >= 4 is 11.9 Å². The van der Waals surface area contributed by atoms with Crippen molar-refractivity contribution in [3.8, 4) is 5.88 Å². The average Bonchev–Trinajstić information content (AvgIpc) is 2.26. The standard InChI is InChI=1S/C9H14N4O3/c1-6-7(11-3-4-16-9(10)14)12-5-13-8(6)15-2/h5H,3-4H2,1-2H3,(H2,10,14)(H,11,12,13). The molecule has 1 amide bonds. The Morgan fingerprint density at radius 2 is 2.31 bits per heavy atom. The van der Waals surface area contributed by atoms with Gasteiger partial charge in [-0.1, -0.05) is 0 Å². The van der Waals surface area contributed by atoms with Gasteiger partial charge in [0.2, 0.25) is 5.88 Å². The van der Waals surface area contributed by atoms with E-state index >= 15 is 0 Å². The van der Waals surface area contributed by atoms with Crippen LogP contribution in [0.5, 0.6) is 5.88 Å². The van der Waals surface area contributed by atoms with Crippen LogP contribution in [0.4, 0.5) is 10.6 Å². The van der Waals surface area contributed by atoms with Crippen molar-refractivity contribution < 1.29 is 14.3 Å². The summed E-state index contributed by atoms with van der Waals surface area (Å²) >= 11 is 0. The number of primary amides is 1. The number of aromatic nitrogens is 2. The van der Waals surface area contributed by atoms with Crippen LogP contribution in [0.2, 0.25) is 0 Å². The molecule has 3 N–H and O–H groups in total. The lowest BCUT2D eigenvalue weighted by Crippen LogP contribution is -2.19. The van der Waals surface area contributed by atoms with Crippen LogP contribution in [0.1, 0.15) is 5.56 Å². The van der Waals surface area contributed by atoms with E-state index in [0.29, 0.717) is 18.2 Å². The molecule has 0 aliphatic rings. The maximum Gasteiger partial charge on any atom is 0.404 e. The fraction of sp³-hybridized carbons (Fsp3) is 0.444. The predicted molar refractivity (Wildman–Crippen MR) is 57.3 cm³/mol. The second-order valence-corrected chi connectivity index (χ2v) is 2.95. The number of amides is 1. The van der Waals surface area contributed by atoms with Gasteiger partial charge in [0.25, 0.3) is 0 Å². The molecule has 88 valence electrons. The number of anilines is 1. The first-order chi connectivity index (χ1) is 7.65. The fourth-order valence-electron chi connectivity index (χ4n) is 1.14. The molecule has 0 atom stereocenters. The van der Waals surface area contributed by atoms with E-state index in [2.05, 4.69) is 20.0 Å². The minimum absolute atomic E-state index is 0.182. The lowest BCUT2D eigenvalue weighted by molar-refractivity contribution is 0.161. The zero-order valence-electron chi connectivity index (χ0n) is 9.19. The molecule has 1 aromatic heterocycles. The Morgan fingerprint density at radius 1 is 1.56 bits per heavy atom. The van der Waals surface area contributed by atoms with Gasteiger partial charge in [-0.05, 0) is 6.92 Å². The molecule has 0 aliphatic carbocycles. The third-order valence-electron chi connectivity index (χ3n) is 1.87. The third kappa shape index (κ3) is 3.26. The quantitative estimate of drug-likeness (QED) is 0.700. The van der Waals surface area contributed by atoms with E-state index in [1.807, 2.05) is 6.92 Å².